The van der Waals surface area contributed by atoms with Crippen molar-refractivity contribution in [1.29, 1.82) is 0 Å². The van der Waals surface area contributed by atoms with E-state index in [4.69, 9.17) is 4.74 Å². The summed E-state index contributed by atoms with van der Waals surface area (Å²) in [4.78, 5) is 21.5. The van der Waals surface area contributed by atoms with Crippen molar-refractivity contribution in [3.63, 3.8) is 0 Å². The number of carbonyl (C=O) groups excluding carboxylic acids is 1. The van der Waals surface area contributed by atoms with Crippen molar-refractivity contribution in [3.8, 4) is 5.75 Å². The number of halogens is 2. The van der Waals surface area contributed by atoms with E-state index in [-0.39, 0.29) is 18.1 Å². The molecule has 3 rings (SSSR count). The highest BCUT2D eigenvalue weighted by molar-refractivity contribution is 5.75. The molecule has 0 spiro atoms. The standard InChI is InChI=1S/C19H21F2N3O2/c1-2-13-9-22-19(23-10-13)24-5-3-14(4-6-24)12-26-18-16(20)7-15(11-25)8-17(18)21/h7-11,14H,2-6,12H2,1H3. The number of aldehydes is 1. The molecule has 1 aromatic heterocycles. The van der Waals surface area contributed by atoms with Gasteiger partial charge in [0.25, 0.3) is 0 Å². The molecule has 0 aliphatic carbocycles. The van der Waals surface area contributed by atoms with Crippen LogP contribution in [0.3, 0.4) is 0 Å². The summed E-state index contributed by atoms with van der Waals surface area (Å²) in [7, 11) is 0. The van der Waals surface area contributed by atoms with Crippen LogP contribution < -0.4 is 9.64 Å². The number of benzene rings is 1. The van der Waals surface area contributed by atoms with Crippen molar-refractivity contribution in [3.05, 3.63) is 47.3 Å². The summed E-state index contributed by atoms with van der Waals surface area (Å²) in [6.45, 7) is 3.84. The fourth-order valence-electron chi connectivity index (χ4n) is 2.98. The van der Waals surface area contributed by atoms with Crippen LogP contribution in [0.4, 0.5) is 14.7 Å². The van der Waals surface area contributed by atoms with Gasteiger partial charge in [0.05, 0.1) is 6.61 Å². The van der Waals surface area contributed by atoms with Crippen molar-refractivity contribution < 1.29 is 18.3 Å². The first-order valence-electron chi connectivity index (χ1n) is 8.73. The number of hydrogen-bond acceptors (Lipinski definition) is 5. The summed E-state index contributed by atoms with van der Waals surface area (Å²) in [6, 6.07) is 1.95. The first-order valence-corrected chi connectivity index (χ1v) is 8.73. The molecular weight excluding hydrogens is 340 g/mol. The topological polar surface area (TPSA) is 55.3 Å². The smallest absolute Gasteiger partial charge is 0.225 e. The van der Waals surface area contributed by atoms with Gasteiger partial charge in [-0.15, -0.1) is 0 Å². The number of piperidine rings is 1. The highest BCUT2D eigenvalue weighted by atomic mass is 19.1. The van der Waals surface area contributed by atoms with Crippen molar-refractivity contribution in [1.82, 2.24) is 9.97 Å². The van der Waals surface area contributed by atoms with Crippen molar-refractivity contribution in [2.75, 3.05) is 24.6 Å². The minimum atomic E-state index is -0.853. The van der Waals surface area contributed by atoms with Gasteiger partial charge in [-0.3, -0.25) is 4.79 Å². The predicted octanol–water partition coefficient (Wildman–Crippen LogP) is 3.43. The van der Waals surface area contributed by atoms with Gasteiger partial charge in [0.15, 0.2) is 17.4 Å². The Labute approximate surface area is 151 Å². The Morgan fingerprint density at radius 1 is 1.19 bits per heavy atom. The molecule has 1 aliphatic rings. The molecule has 0 atom stereocenters. The van der Waals surface area contributed by atoms with E-state index in [2.05, 4.69) is 21.8 Å². The fourth-order valence-corrected chi connectivity index (χ4v) is 2.98. The third-order valence-corrected chi connectivity index (χ3v) is 4.62. The Hall–Kier alpha value is -2.57. The summed E-state index contributed by atoms with van der Waals surface area (Å²) < 4.78 is 33.1. The first-order chi connectivity index (χ1) is 12.6. The predicted molar refractivity (Wildman–Crippen MR) is 93.6 cm³/mol. The molecular formula is C19H21F2N3O2. The summed E-state index contributed by atoms with van der Waals surface area (Å²) in [5.41, 5.74) is 1.05. The molecule has 1 saturated heterocycles. The molecule has 1 fully saturated rings. The summed E-state index contributed by atoms with van der Waals surface area (Å²) in [5, 5.41) is 0. The summed E-state index contributed by atoms with van der Waals surface area (Å²) in [6.07, 6.45) is 6.64. The molecule has 2 aromatic rings. The lowest BCUT2D eigenvalue weighted by atomic mass is 9.98. The van der Waals surface area contributed by atoms with Crippen LogP contribution in [0.5, 0.6) is 5.75 Å². The Kier molecular flexibility index (Phi) is 5.75. The molecule has 0 radical (unpaired) electrons. The van der Waals surface area contributed by atoms with E-state index in [9.17, 15) is 13.6 Å². The quantitative estimate of drug-likeness (QED) is 0.738. The van der Waals surface area contributed by atoms with Crippen molar-refractivity contribution in [2.24, 2.45) is 5.92 Å². The Morgan fingerprint density at radius 2 is 1.81 bits per heavy atom. The summed E-state index contributed by atoms with van der Waals surface area (Å²) >= 11 is 0. The molecule has 26 heavy (non-hydrogen) atoms. The van der Waals surface area contributed by atoms with Crippen LogP contribution in [0.1, 0.15) is 35.7 Å². The number of hydrogen-bond donors (Lipinski definition) is 0. The van der Waals surface area contributed by atoms with Gasteiger partial charge in [-0.05, 0) is 42.9 Å². The monoisotopic (exact) mass is 361 g/mol. The first kappa shape index (κ1) is 18.2. The Bertz CT molecular complexity index is 737. The highest BCUT2D eigenvalue weighted by Crippen LogP contribution is 2.26. The van der Waals surface area contributed by atoms with Crippen LogP contribution in [-0.4, -0.2) is 36.0 Å². The third kappa shape index (κ3) is 4.15. The molecule has 0 saturated carbocycles. The molecule has 1 aromatic carbocycles. The highest BCUT2D eigenvalue weighted by Gasteiger charge is 2.22. The zero-order valence-corrected chi connectivity index (χ0v) is 14.6. The molecule has 2 heterocycles. The maximum Gasteiger partial charge on any atom is 0.225 e. The number of aromatic nitrogens is 2. The van der Waals surface area contributed by atoms with Crippen LogP contribution in [0.25, 0.3) is 0 Å². The molecule has 0 bridgehead atoms. The van der Waals surface area contributed by atoms with Gasteiger partial charge in [0.2, 0.25) is 5.95 Å². The van der Waals surface area contributed by atoms with Gasteiger partial charge in [-0.1, -0.05) is 6.92 Å². The zero-order valence-electron chi connectivity index (χ0n) is 14.6. The van der Waals surface area contributed by atoms with E-state index < -0.39 is 17.4 Å². The molecule has 0 N–H and O–H groups in total. The molecule has 0 unspecified atom stereocenters. The minimum Gasteiger partial charge on any atom is -0.487 e. The van der Waals surface area contributed by atoms with Gasteiger partial charge in [-0.2, -0.15) is 0 Å². The third-order valence-electron chi connectivity index (χ3n) is 4.62. The van der Waals surface area contributed by atoms with E-state index in [1.165, 1.54) is 0 Å². The van der Waals surface area contributed by atoms with Gasteiger partial charge in [0.1, 0.15) is 6.29 Å². The number of anilines is 1. The molecule has 7 heteroatoms. The minimum absolute atomic E-state index is 0.0465. The zero-order chi connectivity index (χ0) is 18.5. The average molecular weight is 361 g/mol. The second kappa shape index (κ2) is 8.21. The molecule has 1 aliphatic heterocycles. The van der Waals surface area contributed by atoms with Gasteiger partial charge >= 0.3 is 0 Å². The second-order valence-corrected chi connectivity index (χ2v) is 6.42. The van der Waals surface area contributed by atoms with Crippen LogP contribution in [0.15, 0.2) is 24.5 Å². The lowest BCUT2D eigenvalue weighted by molar-refractivity contribution is 0.112. The average Bonchev–Trinajstić information content (AvgIpc) is 2.67. The maximum absolute atomic E-state index is 13.8. The van der Waals surface area contributed by atoms with Gasteiger partial charge in [0, 0.05) is 31.0 Å². The van der Waals surface area contributed by atoms with Crippen LogP contribution in [0, 0.1) is 17.6 Å². The van der Waals surface area contributed by atoms with Crippen LogP contribution >= 0.6 is 0 Å². The van der Waals surface area contributed by atoms with Crippen molar-refractivity contribution in [2.45, 2.75) is 26.2 Å². The number of aryl methyl sites for hydroxylation is 1. The summed E-state index contributed by atoms with van der Waals surface area (Å²) in [5.74, 6) is -1.21. The Morgan fingerprint density at radius 3 is 2.35 bits per heavy atom. The number of ether oxygens (including phenoxy) is 1. The van der Waals surface area contributed by atoms with Crippen LogP contribution in [-0.2, 0) is 6.42 Å². The number of nitrogens with zero attached hydrogens (tertiary/aromatic N) is 3. The van der Waals surface area contributed by atoms with Gasteiger partial charge < -0.3 is 9.64 Å². The molecule has 5 nitrogen and oxygen atoms in total. The maximum atomic E-state index is 13.8. The van der Waals surface area contributed by atoms with E-state index in [0.29, 0.717) is 12.2 Å². The lowest BCUT2D eigenvalue weighted by Crippen LogP contribution is -2.36. The largest absolute Gasteiger partial charge is 0.487 e. The number of rotatable bonds is 6. The normalized spacial score (nSPS) is 15.1. The van der Waals surface area contributed by atoms with Gasteiger partial charge in [-0.25, -0.2) is 18.7 Å². The Balaban J connectivity index is 1.53. The van der Waals surface area contributed by atoms with E-state index in [1.807, 2.05) is 12.4 Å². The van der Waals surface area contributed by atoms with E-state index >= 15 is 0 Å². The fraction of sp³-hybridized carbons (Fsp3) is 0.421. The number of carbonyl (C=O) groups is 1. The second-order valence-electron chi connectivity index (χ2n) is 6.42. The SMILES string of the molecule is CCc1cnc(N2CCC(COc3c(F)cc(C=O)cc3F)CC2)nc1. The van der Waals surface area contributed by atoms with Crippen molar-refractivity contribution >= 4 is 12.2 Å². The lowest BCUT2D eigenvalue weighted by Gasteiger charge is -2.31. The van der Waals surface area contributed by atoms with E-state index in [0.717, 1.165) is 50.0 Å². The van der Waals surface area contributed by atoms with Crippen LogP contribution in [0.2, 0.25) is 0 Å². The van der Waals surface area contributed by atoms with E-state index in [1.54, 1.807) is 0 Å². The molecule has 138 valence electrons. The molecule has 0 amide bonds.